The van der Waals surface area contributed by atoms with Crippen LogP contribution in [-0.4, -0.2) is 39.7 Å². The molecule has 0 aliphatic rings. The fourth-order valence-electron chi connectivity index (χ4n) is 1.04. The van der Waals surface area contributed by atoms with Gasteiger partial charge in [0, 0.05) is 29.4 Å². The number of rotatable bonds is 6. The summed E-state index contributed by atoms with van der Waals surface area (Å²) < 4.78 is 10.7. The summed E-state index contributed by atoms with van der Waals surface area (Å²) in [5, 5.41) is 13.8. The third-order valence-electron chi connectivity index (χ3n) is 1.89. The molecule has 0 saturated heterocycles. The van der Waals surface area contributed by atoms with Gasteiger partial charge in [-0.1, -0.05) is 12.1 Å². The van der Waals surface area contributed by atoms with Crippen molar-refractivity contribution in [1.82, 2.24) is 5.32 Å². The minimum Gasteiger partial charge on any atom is -0.409 e. The first-order valence-electron chi connectivity index (χ1n) is 4.58. The van der Waals surface area contributed by atoms with Gasteiger partial charge in [0.05, 0.1) is 5.92 Å². The molecule has 0 spiro atoms. The van der Waals surface area contributed by atoms with E-state index in [0.717, 1.165) is 0 Å². The number of carbonyl (C=O) groups is 1. The molecular formula is C8H17N3O3S. The van der Waals surface area contributed by atoms with Gasteiger partial charge >= 0.3 is 0 Å². The van der Waals surface area contributed by atoms with Crippen molar-refractivity contribution >= 4 is 22.5 Å². The van der Waals surface area contributed by atoms with Gasteiger partial charge in [0.2, 0.25) is 5.91 Å². The van der Waals surface area contributed by atoms with E-state index in [1.54, 1.807) is 13.2 Å². The maximum atomic E-state index is 11.5. The van der Waals surface area contributed by atoms with Crippen LogP contribution in [0.1, 0.15) is 13.3 Å². The number of amidine groups is 1. The summed E-state index contributed by atoms with van der Waals surface area (Å²) in [4.78, 5) is 11.5. The third-order valence-corrected chi connectivity index (χ3v) is 2.67. The van der Waals surface area contributed by atoms with E-state index < -0.39 is 16.7 Å². The lowest BCUT2D eigenvalue weighted by atomic mass is 10.1. The summed E-state index contributed by atoms with van der Waals surface area (Å²) in [7, 11) is -0.935. The van der Waals surface area contributed by atoms with Gasteiger partial charge in [-0.2, -0.15) is 0 Å². The van der Waals surface area contributed by atoms with Crippen LogP contribution in [0.15, 0.2) is 5.16 Å². The molecule has 0 bridgehead atoms. The number of oxime groups is 1. The van der Waals surface area contributed by atoms with Crippen LogP contribution in [-0.2, 0) is 15.6 Å². The zero-order valence-corrected chi connectivity index (χ0v) is 9.71. The minimum absolute atomic E-state index is 0.104. The summed E-state index contributed by atoms with van der Waals surface area (Å²) in [6.07, 6.45) is 2.02. The molecule has 2 unspecified atom stereocenters. The molecule has 4 N–H and O–H groups in total. The van der Waals surface area contributed by atoms with Gasteiger partial charge in [-0.05, 0) is 6.42 Å². The van der Waals surface area contributed by atoms with Gasteiger partial charge < -0.3 is 16.3 Å². The van der Waals surface area contributed by atoms with E-state index in [2.05, 4.69) is 10.5 Å². The number of carbonyl (C=O) groups excluding carboxylic acids is 1. The summed E-state index contributed by atoms with van der Waals surface area (Å²) in [6, 6.07) is 0. The van der Waals surface area contributed by atoms with Crippen LogP contribution in [0, 0.1) is 5.92 Å². The molecule has 2 atom stereocenters. The quantitative estimate of drug-likeness (QED) is 0.244. The number of nitrogens with zero attached hydrogens (tertiary/aromatic N) is 1. The lowest BCUT2D eigenvalue weighted by Crippen LogP contribution is -2.39. The van der Waals surface area contributed by atoms with Crippen molar-refractivity contribution in [1.29, 1.82) is 0 Å². The van der Waals surface area contributed by atoms with Crippen molar-refractivity contribution in [3.05, 3.63) is 0 Å². The van der Waals surface area contributed by atoms with E-state index >= 15 is 0 Å². The highest BCUT2D eigenvalue weighted by atomic mass is 32.2. The van der Waals surface area contributed by atoms with Gasteiger partial charge in [0.1, 0.15) is 0 Å². The summed E-state index contributed by atoms with van der Waals surface area (Å²) in [5.41, 5.74) is 5.34. The van der Waals surface area contributed by atoms with Crippen molar-refractivity contribution in [2.75, 3.05) is 18.6 Å². The highest BCUT2D eigenvalue weighted by molar-refractivity contribution is 7.84. The van der Waals surface area contributed by atoms with Gasteiger partial charge in [0.15, 0.2) is 5.84 Å². The number of amides is 1. The summed E-state index contributed by atoms with van der Waals surface area (Å²) >= 11 is 0. The number of nitrogens with two attached hydrogens (primary N) is 1. The molecular weight excluding hydrogens is 218 g/mol. The van der Waals surface area contributed by atoms with E-state index in [1.165, 1.54) is 0 Å². The molecule has 1 amide bonds. The Morgan fingerprint density at radius 2 is 2.27 bits per heavy atom. The Balaban J connectivity index is 4.11. The zero-order valence-electron chi connectivity index (χ0n) is 8.90. The Bertz CT molecular complexity index is 268. The van der Waals surface area contributed by atoms with E-state index in [4.69, 9.17) is 10.9 Å². The zero-order chi connectivity index (χ0) is 11.8. The number of nitrogens with one attached hydrogen (secondary N) is 1. The lowest BCUT2D eigenvalue weighted by Gasteiger charge is -2.12. The normalized spacial score (nSPS) is 15.7. The summed E-state index contributed by atoms with van der Waals surface area (Å²) in [5.74, 6) is -0.635. The average molecular weight is 235 g/mol. The molecule has 6 nitrogen and oxygen atoms in total. The first-order chi connectivity index (χ1) is 7.02. The SMILES string of the molecule is CCC(C(=O)NCCS(C)=O)C(N)=NO. The molecule has 0 aromatic heterocycles. The van der Waals surface area contributed by atoms with Crippen LogP contribution in [0.25, 0.3) is 0 Å². The Morgan fingerprint density at radius 1 is 1.67 bits per heavy atom. The predicted octanol–water partition coefficient (Wildman–Crippen LogP) is -0.746. The predicted molar refractivity (Wildman–Crippen MR) is 59.1 cm³/mol. The molecule has 0 rings (SSSR count). The molecule has 0 saturated carbocycles. The van der Waals surface area contributed by atoms with Crippen LogP contribution < -0.4 is 11.1 Å². The Hall–Kier alpha value is -1.11. The van der Waals surface area contributed by atoms with E-state index in [1.807, 2.05) is 0 Å². The van der Waals surface area contributed by atoms with Crippen molar-refractivity contribution < 1.29 is 14.2 Å². The van der Waals surface area contributed by atoms with E-state index in [9.17, 15) is 9.00 Å². The minimum atomic E-state index is -0.935. The average Bonchev–Trinajstić information content (AvgIpc) is 2.18. The topological polar surface area (TPSA) is 105 Å². The molecule has 0 fully saturated rings. The van der Waals surface area contributed by atoms with Crippen molar-refractivity contribution in [3.63, 3.8) is 0 Å². The van der Waals surface area contributed by atoms with Crippen LogP contribution in [0.3, 0.4) is 0 Å². The van der Waals surface area contributed by atoms with Crippen molar-refractivity contribution in [2.24, 2.45) is 16.8 Å². The molecule has 0 aliphatic heterocycles. The summed E-state index contributed by atoms with van der Waals surface area (Å²) in [6.45, 7) is 2.09. The second-order valence-corrected chi connectivity index (χ2v) is 4.61. The molecule has 0 aromatic carbocycles. The standard InChI is InChI=1S/C8H17N3O3S/c1-3-6(7(9)11-13)8(12)10-4-5-15(2)14/h6,13H,3-5H2,1-2H3,(H2,9,11)(H,10,12). The van der Waals surface area contributed by atoms with Gasteiger partial charge in [-0.3, -0.25) is 9.00 Å². The highest BCUT2D eigenvalue weighted by Crippen LogP contribution is 2.02. The number of hydrogen-bond donors (Lipinski definition) is 3. The molecule has 0 aliphatic carbocycles. The van der Waals surface area contributed by atoms with Crippen LogP contribution in [0.4, 0.5) is 0 Å². The fraction of sp³-hybridized carbons (Fsp3) is 0.750. The van der Waals surface area contributed by atoms with Gasteiger partial charge in [-0.25, -0.2) is 0 Å². The fourth-order valence-corrected chi connectivity index (χ4v) is 1.43. The molecule has 88 valence electrons. The Kier molecular flexibility index (Phi) is 6.68. The van der Waals surface area contributed by atoms with Gasteiger partial charge in [0.25, 0.3) is 0 Å². The third kappa shape index (κ3) is 5.36. The van der Waals surface area contributed by atoms with Gasteiger partial charge in [-0.15, -0.1) is 0 Å². The lowest BCUT2D eigenvalue weighted by molar-refractivity contribution is -0.123. The maximum absolute atomic E-state index is 11.5. The number of hydrogen-bond acceptors (Lipinski definition) is 4. The maximum Gasteiger partial charge on any atom is 0.230 e. The molecule has 0 aromatic rings. The largest absolute Gasteiger partial charge is 0.409 e. The molecule has 7 heteroatoms. The van der Waals surface area contributed by atoms with Crippen molar-refractivity contribution in [3.8, 4) is 0 Å². The Labute approximate surface area is 91.4 Å². The van der Waals surface area contributed by atoms with E-state index in [-0.39, 0.29) is 11.7 Å². The van der Waals surface area contributed by atoms with Crippen LogP contribution in [0.2, 0.25) is 0 Å². The molecule has 0 radical (unpaired) electrons. The first-order valence-corrected chi connectivity index (χ1v) is 6.30. The highest BCUT2D eigenvalue weighted by Gasteiger charge is 2.20. The second-order valence-electron chi connectivity index (χ2n) is 3.05. The molecule has 0 heterocycles. The van der Waals surface area contributed by atoms with Crippen LogP contribution >= 0.6 is 0 Å². The Morgan fingerprint density at radius 3 is 2.67 bits per heavy atom. The first kappa shape index (κ1) is 13.9. The van der Waals surface area contributed by atoms with E-state index in [0.29, 0.717) is 18.7 Å². The smallest absolute Gasteiger partial charge is 0.230 e. The van der Waals surface area contributed by atoms with Crippen LogP contribution in [0.5, 0.6) is 0 Å². The van der Waals surface area contributed by atoms with Crippen molar-refractivity contribution in [2.45, 2.75) is 13.3 Å². The monoisotopic (exact) mass is 235 g/mol. The second kappa shape index (κ2) is 7.22. The molecule has 15 heavy (non-hydrogen) atoms.